The van der Waals surface area contributed by atoms with Gasteiger partial charge in [-0.25, -0.2) is 0 Å². The minimum absolute atomic E-state index is 0.757. The van der Waals surface area contributed by atoms with Crippen LogP contribution in [0.3, 0.4) is 0 Å². The molecule has 1 nitrogen and oxygen atoms in total. The van der Waals surface area contributed by atoms with E-state index < -0.39 is 20.2 Å². The van der Waals surface area contributed by atoms with Crippen molar-refractivity contribution < 1.29 is 0 Å². The van der Waals surface area contributed by atoms with Gasteiger partial charge >= 0.3 is 93.9 Å². The van der Waals surface area contributed by atoms with Gasteiger partial charge < -0.3 is 0 Å². The third-order valence-electron chi connectivity index (χ3n) is 2.50. The number of hydrogen-bond donors (Lipinski definition) is 0. The minimum atomic E-state index is -0.913. The van der Waals surface area contributed by atoms with Crippen LogP contribution >= 0.6 is 0 Å². The quantitative estimate of drug-likeness (QED) is 0.786. The molecule has 0 aliphatic carbocycles. The Morgan fingerprint density at radius 3 is 2.29 bits per heavy atom. The van der Waals surface area contributed by atoms with Crippen LogP contribution in [-0.2, 0) is 6.42 Å². The van der Waals surface area contributed by atoms with Crippen LogP contribution in [0.4, 0.5) is 0 Å². The maximum atomic E-state index is 8.66. The van der Waals surface area contributed by atoms with E-state index in [0.29, 0.717) is 0 Å². The van der Waals surface area contributed by atoms with E-state index in [1.165, 1.54) is 12.0 Å². The predicted molar refractivity (Wildman–Crippen MR) is 61.8 cm³/mol. The van der Waals surface area contributed by atoms with Crippen molar-refractivity contribution in [2.45, 2.75) is 26.9 Å². The van der Waals surface area contributed by atoms with Gasteiger partial charge in [0.1, 0.15) is 0 Å². The third-order valence-corrected chi connectivity index (χ3v) is 8.05. The summed E-state index contributed by atoms with van der Waals surface area (Å²) in [5.41, 5.74) is 2.13. The van der Waals surface area contributed by atoms with Gasteiger partial charge in [-0.3, -0.25) is 0 Å². The molecule has 0 aromatic heterocycles. The summed E-state index contributed by atoms with van der Waals surface area (Å²) in [6.07, 6.45) is 1.18. The monoisotopic (exact) mass is 295 g/mol. The first-order valence-corrected chi connectivity index (χ1v) is 11.4. The molecule has 0 radical (unpaired) electrons. The molecule has 0 fully saturated rings. The van der Waals surface area contributed by atoms with Gasteiger partial charge in [0.15, 0.2) is 0 Å². The van der Waals surface area contributed by atoms with Crippen LogP contribution in [-0.4, -0.2) is 20.2 Å². The Balaban J connectivity index is 2.65. The standard InChI is InChI=1S/C10H10N.2CH3.Sb/c1-2-3-9-4-6-10(8-11)7-5-9;;;/h2,4-7H,3H2,1H3;2*1H3;. The molecule has 0 saturated carbocycles. The number of nitrogens with zero attached hydrogens (tertiary/aromatic N) is 1. The van der Waals surface area contributed by atoms with E-state index in [9.17, 15) is 0 Å². The molecule has 14 heavy (non-hydrogen) atoms. The topological polar surface area (TPSA) is 23.8 Å². The Morgan fingerprint density at radius 1 is 1.29 bits per heavy atom. The van der Waals surface area contributed by atoms with Gasteiger partial charge in [-0.15, -0.1) is 0 Å². The van der Waals surface area contributed by atoms with E-state index >= 15 is 0 Å². The summed E-state index contributed by atoms with van der Waals surface area (Å²) in [6.45, 7) is 2.35. The van der Waals surface area contributed by atoms with E-state index in [0.717, 1.165) is 9.43 Å². The molecule has 2 heteroatoms. The van der Waals surface area contributed by atoms with Crippen LogP contribution in [0.5, 0.6) is 0 Å². The van der Waals surface area contributed by atoms with Gasteiger partial charge in [-0.1, -0.05) is 0 Å². The van der Waals surface area contributed by atoms with E-state index in [1.807, 2.05) is 12.1 Å². The van der Waals surface area contributed by atoms with Gasteiger partial charge in [0.2, 0.25) is 0 Å². The normalized spacial score (nSPS) is 12.5. The van der Waals surface area contributed by atoms with Crippen LogP contribution in [0.1, 0.15) is 18.1 Å². The molecule has 1 unspecified atom stereocenters. The van der Waals surface area contributed by atoms with Crippen molar-refractivity contribution in [1.82, 2.24) is 0 Å². The van der Waals surface area contributed by atoms with Crippen molar-refractivity contribution >= 4 is 20.2 Å². The zero-order valence-corrected chi connectivity index (χ0v) is 11.5. The molecule has 1 atom stereocenters. The maximum absolute atomic E-state index is 8.66. The van der Waals surface area contributed by atoms with Crippen LogP contribution < -0.4 is 0 Å². The molecule has 0 spiro atoms. The summed E-state index contributed by atoms with van der Waals surface area (Å²) in [7, 11) is 0. The fraction of sp³-hybridized carbons (Fsp3) is 0.417. The first-order valence-electron chi connectivity index (χ1n) is 4.79. The Labute approximate surface area is 93.7 Å². The Bertz CT molecular complexity index is 321. The molecule has 74 valence electrons. The molecular formula is C12H16NSb. The van der Waals surface area contributed by atoms with Crippen molar-refractivity contribution in [3.63, 3.8) is 0 Å². The molecular weight excluding hydrogens is 280 g/mol. The second-order valence-electron chi connectivity index (χ2n) is 3.83. The molecule has 0 aliphatic rings. The van der Waals surface area contributed by atoms with Gasteiger partial charge in [-0.2, -0.15) is 0 Å². The molecule has 1 aromatic rings. The molecule has 0 heterocycles. The van der Waals surface area contributed by atoms with Crippen molar-refractivity contribution in [2.75, 3.05) is 0 Å². The number of rotatable bonds is 3. The fourth-order valence-corrected chi connectivity index (χ4v) is 2.88. The van der Waals surface area contributed by atoms with Crippen molar-refractivity contribution in [1.29, 1.82) is 5.26 Å². The Kier molecular flexibility index (Phi) is 4.49. The molecule has 0 aliphatic heterocycles. The summed E-state index contributed by atoms with van der Waals surface area (Å²) in [6, 6.07) is 10.1. The molecule has 0 saturated heterocycles. The van der Waals surface area contributed by atoms with Gasteiger partial charge in [0.05, 0.1) is 0 Å². The molecule has 0 N–H and O–H groups in total. The summed E-state index contributed by atoms with van der Waals surface area (Å²) >= 11 is -0.913. The number of nitriles is 1. The van der Waals surface area contributed by atoms with E-state index in [-0.39, 0.29) is 0 Å². The summed E-state index contributed by atoms with van der Waals surface area (Å²) < 4.78 is 0.880. The van der Waals surface area contributed by atoms with E-state index in [4.69, 9.17) is 5.26 Å². The third kappa shape index (κ3) is 3.35. The Hall–Kier alpha value is -0.472. The molecule has 1 aromatic carbocycles. The van der Waals surface area contributed by atoms with Crippen molar-refractivity contribution in [3.05, 3.63) is 35.4 Å². The average Bonchev–Trinajstić information content (AvgIpc) is 2.19. The van der Waals surface area contributed by atoms with Gasteiger partial charge in [0, 0.05) is 0 Å². The van der Waals surface area contributed by atoms with Crippen LogP contribution in [0, 0.1) is 11.3 Å². The van der Waals surface area contributed by atoms with Gasteiger partial charge in [0.25, 0.3) is 0 Å². The predicted octanol–water partition coefficient (Wildman–Crippen LogP) is 3.25. The van der Waals surface area contributed by atoms with E-state index in [1.54, 1.807) is 0 Å². The summed E-state index contributed by atoms with van der Waals surface area (Å²) in [5, 5.41) is 8.66. The van der Waals surface area contributed by atoms with Crippen molar-refractivity contribution in [2.24, 2.45) is 0 Å². The summed E-state index contributed by atoms with van der Waals surface area (Å²) in [4.78, 5) is 4.86. The molecule has 0 bridgehead atoms. The van der Waals surface area contributed by atoms with Crippen LogP contribution in [0.15, 0.2) is 24.3 Å². The second kappa shape index (κ2) is 5.42. The zero-order valence-electron chi connectivity index (χ0n) is 8.99. The first kappa shape index (κ1) is 11.6. The zero-order chi connectivity index (χ0) is 10.6. The first-order chi connectivity index (χ1) is 6.63. The van der Waals surface area contributed by atoms with Crippen molar-refractivity contribution in [3.8, 4) is 6.07 Å². The SMILES string of the molecule is C[CH](Cc1ccc(C#N)cc1)[Sb]([CH3])[CH3]. The second-order valence-corrected chi connectivity index (χ2v) is 11.8. The summed E-state index contributed by atoms with van der Waals surface area (Å²) in [5.74, 6) is 0. The Morgan fingerprint density at radius 2 is 1.86 bits per heavy atom. The van der Waals surface area contributed by atoms with Crippen LogP contribution in [0.25, 0.3) is 0 Å². The van der Waals surface area contributed by atoms with E-state index in [2.05, 4.69) is 34.9 Å². The average molecular weight is 296 g/mol. The van der Waals surface area contributed by atoms with Gasteiger partial charge in [-0.05, 0) is 0 Å². The fourth-order valence-electron chi connectivity index (χ4n) is 1.24. The number of benzene rings is 1. The molecule has 0 amide bonds. The molecule has 1 rings (SSSR count). The van der Waals surface area contributed by atoms with Crippen LogP contribution in [0.2, 0.25) is 13.6 Å². The number of hydrogen-bond acceptors (Lipinski definition) is 1.